The van der Waals surface area contributed by atoms with E-state index >= 15 is 0 Å². The molecule has 0 heterocycles. The first-order valence-corrected chi connectivity index (χ1v) is 7.22. The van der Waals surface area contributed by atoms with Crippen molar-refractivity contribution < 1.29 is 4.39 Å². The van der Waals surface area contributed by atoms with Gasteiger partial charge in [-0.2, -0.15) is 0 Å². The van der Waals surface area contributed by atoms with Gasteiger partial charge in [0.1, 0.15) is 5.82 Å². The van der Waals surface area contributed by atoms with Crippen LogP contribution in [-0.2, 0) is 6.54 Å². The summed E-state index contributed by atoms with van der Waals surface area (Å²) in [5.41, 5.74) is 1.14. The monoisotopic (exact) mass is 299 g/mol. The highest BCUT2D eigenvalue weighted by Gasteiger charge is 2.11. The molecule has 3 heteroatoms. The molecule has 1 aliphatic rings. The molecule has 0 saturated heterocycles. The van der Waals surface area contributed by atoms with Gasteiger partial charge in [-0.15, -0.1) is 0 Å². The Bertz CT molecular complexity index is 359. The van der Waals surface area contributed by atoms with Crippen LogP contribution < -0.4 is 5.32 Å². The molecular weight excluding hydrogens is 281 g/mol. The second-order valence-electron chi connectivity index (χ2n) is 4.82. The topological polar surface area (TPSA) is 12.0 Å². The second-order valence-corrected chi connectivity index (χ2v) is 5.67. The summed E-state index contributed by atoms with van der Waals surface area (Å²) in [7, 11) is 0. The Kier molecular flexibility index (Phi) is 4.99. The molecule has 1 N–H and O–H groups in total. The van der Waals surface area contributed by atoms with Crippen molar-refractivity contribution in [2.24, 2.45) is 0 Å². The van der Waals surface area contributed by atoms with Crippen LogP contribution in [0.4, 0.5) is 4.39 Å². The smallest absolute Gasteiger partial charge is 0.137 e. The van der Waals surface area contributed by atoms with Gasteiger partial charge in [0.15, 0.2) is 0 Å². The molecule has 2 rings (SSSR count). The summed E-state index contributed by atoms with van der Waals surface area (Å²) in [6, 6.07) is 5.87. The molecule has 0 amide bonds. The van der Waals surface area contributed by atoms with E-state index in [1.54, 1.807) is 0 Å². The van der Waals surface area contributed by atoms with Gasteiger partial charge in [0.05, 0.1) is 4.47 Å². The van der Waals surface area contributed by atoms with Gasteiger partial charge >= 0.3 is 0 Å². The third-order valence-corrected chi connectivity index (χ3v) is 4.04. The molecular formula is C14H19BrFN. The van der Waals surface area contributed by atoms with E-state index in [4.69, 9.17) is 0 Å². The molecule has 1 saturated carbocycles. The zero-order valence-electron chi connectivity index (χ0n) is 10.0. The van der Waals surface area contributed by atoms with Gasteiger partial charge in [-0.3, -0.25) is 0 Å². The Morgan fingerprint density at radius 2 is 1.88 bits per heavy atom. The molecule has 0 aromatic heterocycles. The first kappa shape index (κ1) is 13.0. The van der Waals surface area contributed by atoms with Crippen molar-refractivity contribution in [3.05, 3.63) is 34.1 Å². The molecule has 0 spiro atoms. The number of halogens is 2. The summed E-state index contributed by atoms with van der Waals surface area (Å²) in [4.78, 5) is 0. The lowest BCUT2D eigenvalue weighted by atomic mass is 10.1. The number of hydrogen-bond donors (Lipinski definition) is 1. The fraction of sp³-hybridized carbons (Fsp3) is 0.571. The van der Waals surface area contributed by atoms with Gasteiger partial charge in [-0.25, -0.2) is 4.39 Å². The van der Waals surface area contributed by atoms with Crippen molar-refractivity contribution in [2.45, 2.75) is 51.1 Å². The minimum atomic E-state index is -0.191. The molecule has 1 aromatic rings. The molecule has 0 aliphatic heterocycles. The summed E-state index contributed by atoms with van der Waals surface area (Å²) in [5, 5.41) is 3.58. The third-order valence-electron chi connectivity index (χ3n) is 3.43. The highest BCUT2D eigenvalue weighted by molar-refractivity contribution is 9.10. The van der Waals surface area contributed by atoms with Crippen molar-refractivity contribution in [1.29, 1.82) is 0 Å². The Labute approximate surface area is 111 Å². The molecule has 1 fully saturated rings. The summed E-state index contributed by atoms with van der Waals surface area (Å²) >= 11 is 3.22. The summed E-state index contributed by atoms with van der Waals surface area (Å²) in [5.74, 6) is -0.191. The molecule has 94 valence electrons. The molecule has 0 atom stereocenters. The first-order valence-electron chi connectivity index (χ1n) is 6.43. The SMILES string of the molecule is Fc1ccc(CNC2CCCCCC2)cc1Br. The summed E-state index contributed by atoms with van der Waals surface area (Å²) < 4.78 is 13.6. The Morgan fingerprint density at radius 3 is 2.53 bits per heavy atom. The number of rotatable bonds is 3. The van der Waals surface area contributed by atoms with Crippen LogP contribution in [0.2, 0.25) is 0 Å². The fourth-order valence-corrected chi connectivity index (χ4v) is 2.82. The molecule has 0 unspecified atom stereocenters. The lowest BCUT2D eigenvalue weighted by Gasteiger charge is -2.16. The van der Waals surface area contributed by atoms with E-state index in [0.29, 0.717) is 10.5 Å². The van der Waals surface area contributed by atoms with E-state index < -0.39 is 0 Å². The molecule has 0 radical (unpaired) electrons. The number of hydrogen-bond acceptors (Lipinski definition) is 1. The van der Waals surface area contributed by atoms with Crippen LogP contribution in [0, 0.1) is 5.82 Å². The standard InChI is InChI=1S/C14H19BrFN/c15-13-9-11(7-8-14(13)16)10-17-12-5-3-1-2-4-6-12/h7-9,12,17H,1-6,10H2. The minimum absolute atomic E-state index is 0.191. The van der Waals surface area contributed by atoms with Crippen LogP contribution in [-0.4, -0.2) is 6.04 Å². The predicted molar refractivity (Wildman–Crippen MR) is 72.4 cm³/mol. The number of benzene rings is 1. The van der Waals surface area contributed by atoms with E-state index in [-0.39, 0.29) is 5.82 Å². The van der Waals surface area contributed by atoms with Crippen LogP contribution in [0.25, 0.3) is 0 Å². The van der Waals surface area contributed by atoms with E-state index in [2.05, 4.69) is 21.2 Å². The quantitative estimate of drug-likeness (QED) is 0.816. The molecule has 1 aromatic carbocycles. The molecule has 1 aliphatic carbocycles. The van der Waals surface area contributed by atoms with Gasteiger partial charge < -0.3 is 5.32 Å². The third kappa shape index (κ3) is 4.07. The summed E-state index contributed by atoms with van der Waals surface area (Å²) in [6.07, 6.45) is 7.99. The molecule has 1 nitrogen and oxygen atoms in total. The Balaban J connectivity index is 1.85. The van der Waals surface area contributed by atoms with Crippen molar-refractivity contribution >= 4 is 15.9 Å². The maximum atomic E-state index is 13.1. The van der Waals surface area contributed by atoms with Gasteiger partial charge in [0.2, 0.25) is 0 Å². The average Bonchev–Trinajstić information content (AvgIpc) is 2.59. The van der Waals surface area contributed by atoms with Crippen molar-refractivity contribution in [3.8, 4) is 0 Å². The minimum Gasteiger partial charge on any atom is -0.310 e. The van der Waals surface area contributed by atoms with E-state index in [1.165, 1.54) is 44.6 Å². The lowest BCUT2D eigenvalue weighted by Crippen LogP contribution is -2.27. The first-order chi connectivity index (χ1) is 8.25. The lowest BCUT2D eigenvalue weighted by molar-refractivity contribution is 0.459. The molecule has 0 bridgehead atoms. The predicted octanol–water partition coefficient (Wildman–Crippen LogP) is 4.40. The van der Waals surface area contributed by atoms with Crippen LogP contribution in [0.15, 0.2) is 22.7 Å². The fourth-order valence-electron chi connectivity index (χ4n) is 2.40. The maximum Gasteiger partial charge on any atom is 0.137 e. The van der Waals surface area contributed by atoms with Crippen LogP contribution in [0.5, 0.6) is 0 Å². The van der Waals surface area contributed by atoms with Crippen LogP contribution in [0.3, 0.4) is 0 Å². The van der Waals surface area contributed by atoms with E-state index in [9.17, 15) is 4.39 Å². The van der Waals surface area contributed by atoms with Gasteiger partial charge in [-0.1, -0.05) is 31.7 Å². The van der Waals surface area contributed by atoms with E-state index in [0.717, 1.165) is 12.1 Å². The van der Waals surface area contributed by atoms with Crippen molar-refractivity contribution in [2.75, 3.05) is 0 Å². The number of nitrogens with one attached hydrogen (secondary N) is 1. The zero-order valence-corrected chi connectivity index (χ0v) is 11.6. The Morgan fingerprint density at radius 1 is 1.18 bits per heavy atom. The zero-order chi connectivity index (χ0) is 12.1. The van der Waals surface area contributed by atoms with Crippen molar-refractivity contribution in [3.63, 3.8) is 0 Å². The molecule has 17 heavy (non-hydrogen) atoms. The van der Waals surface area contributed by atoms with Crippen LogP contribution >= 0.6 is 15.9 Å². The largest absolute Gasteiger partial charge is 0.310 e. The highest BCUT2D eigenvalue weighted by atomic mass is 79.9. The second kappa shape index (κ2) is 6.50. The average molecular weight is 300 g/mol. The van der Waals surface area contributed by atoms with E-state index in [1.807, 2.05) is 12.1 Å². The van der Waals surface area contributed by atoms with Crippen molar-refractivity contribution in [1.82, 2.24) is 5.32 Å². The Hall–Kier alpha value is -0.410. The van der Waals surface area contributed by atoms with Gasteiger partial charge in [-0.05, 0) is 46.5 Å². The van der Waals surface area contributed by atoms with Crippen LogP contribution in [0.1, 0.15) is 44.1 Å². The maximum absolute atomic E-state index is 13.1. The van der Waals surface area contributed by atoms with Gasteiger partial charge in [0.25, 0.3) is 0 Å². The highest BCUT2D eigenvalue weighted by Crippen LogP contribution is 2.19. The normalized spacial score (nSPS) is 18.0. The van der Waals surface area contributed by atoms with Gasteiger partial charge in [0, 0.05) is 12.6 Å². The summed E-state index contributed by atoms with van der Waals surface area (Å²) in [6.45, 7) is 0.837.